The smallest absolute Gasteiger partial charge is 0.387 e. The summed E-state index contributed by atoms with van der Waals surface area (Å²) in [6.07, 6.45) is 0. The minimum atomic E-state index is -3.89. The highest BCUT2D eigenvalue weighted by atomic mass is 35.5. The highest BCUT2D eigenvalue weighted by Crippen LogP contribution is 2.28. The Morgan fingerprint density at radius 1 is 1.07 bits per heavy atom. The minimum absolute atomic E-state index is 0. The number of rotatable bonds is 6. The Labute approximate surface area is 175 Å². The van der Waals surface area contributed by atoms with Gasteiger partial charge in [0, 0.05) is 37.9 Å². The van der Waals surface area contributed by atoms with Crippen molar-refractivity contribution in [3.8, 4) is 5.75 Å². The average molecular weight is 448 g/mol. The second kappa shape index (κ2) is 9.60. The van der Waals surface area contributed by atoms with E-state index in [1.54, 1.807) is 19.1 Å². The van der Waals surface area contributed by atoms with Gasteiger partial charge in [-0.3, -0.25) is 4.72 Å². The Morgan fingerprint density at radius 3 is 2.38 bits per heavy atom. The lowest BCUT2D eigenvalue weighted by atomic mass is 10.1. The molecule has 0 unspecified atom stereocenters. The molecule has 1 aliphatic rings. The molecule has 0 saturated carbocycles. The van der Waals surface area contributed by atoms with Gasteiger partial charge in [-0.15, -0.1) is 12.4 Å². The molecule has 6 nitrogen and oxygen atoms in total. The number of sulfonamides is 1. The molecular weight excluding hydrogens is 424 g/mol. The lowest BCUT2D eigenvalue weighted by Gasteiger charge is -2.31. The zero-order chi connectivity index (χ0) is 20.3. The van der Waals surface area contributed by atoms with E-state index in [-0.39, 0.29) is 28.7 Å². The summed E-state index contributed by atoms with van der Waals surface area (Å²) in [6, 6.07) is 9.11. The van der Waals surface area contributed by atoms with Crippen LogP contribution in [0.1, 0.15) is 11.1 Å². The fraction of sp³-hybridized carbons (Fsp3) is 0.368. The predicted octanol–water partition coefficient (Wildman–Crippen LogP) is 3.54. The quantitative estimate of drug-likeness (QED) is 0.708. The van der Waals surface area contributed by atoms with Gasteiger partial charge in [0.05, 0.1) is 10.6 Å². The van der Waals surface area contributed by atoms with Crippen molar-refractivity contribution in [2.24, 2.45) is 0 Å². The molecule has 160 valence electrons. The molecule has 2 aromatic rings. The zero-order valence-corrected chi connectivity index (χ0v) is 17.7. The molecule has 1 fully saturated rings. The molecule has 0 spiro atoms. The van der Waals surface area contributed by atoms with Gasteiger partial charge < -0.3 is 15.0 Å². The van der Waals surface area contributed by atoms with Gasteiger partial charge in [0.25, 0.3) is 10.0 Å². The van der Waals surface area contributed by atoms with Crippen LogP contribution in [-0.4, -0.2) is 41.2 Å². The fourth-order valence-electron chi connectivity index (χ4n) is 3.09. The Hall–Kier alpha value is -2.10. The third-order valence-electron chi connectivity index (χ3n) is 4.63. The second-order valence-corrected chi connectivity index (χ2v) is 8.33. The molecule has 1 saturated heterocycles. The van der Waals surface area contributed by atoms with Crippen molar-refractivity contribution in [1.82, 2.24) is 5.32 Å². The van der Waals surface area contributed by atoms with Crippen molar-refractivity contribution >= 4 is 33.8 Å². The van der Waals surface area contributed by atoms with E-state index in [0.29, 0.717) is 5.56 Å². The standard InChI is InChI=1S/C19H23F2N3O3S.ClH/c1-13-3-5-15(27-19(20)21)11-17(13)23-28(25,26)16-6-4-14(2)18(12-16)24-9-7-22-8-10-24;/h3-6,11-12,19,22-23H,7-10H2,1-2H3;1H. The van der Waals surface area contributed by atoms with Crippen molar-refractivity contribution in [3.05, 3.63) is 47.5 Å². The van der Waals surface area contributed by atoms with E-state index >= 15 is 0 Å². The predicted molar refractivity (Wildman–Crippen MR) is 112 cm³/mol. The van der Waals surface area contributed by atoms with E-state index in [9.17, 15) is 17.2 Å². The van der Waals surface area contributed by atoms with E-state index in [1.807, 2.05) is 6.92 Å². The molecule has 1 heterocycles. The molecule has 1 aliphatic heterocycles. The monoisotopic (exact) mass is 447 g/mol. The van der Waals surface area contributed by atoms with E-state index in [4.69, 9.17) is 0 Å². The summed E-state index contributed by atoms with van der Waals surface area (Å²) in [7, 11) is -3.89. The van der Waals surface area contributed by atoms with Gasteiger partial charge in [0.1, 0.15) is 5.75 Å². The molecule has 0 radical (unpaired) electrons. The molecule has 2 aromatic carbocycles. The maximum Gasteiger partial charge on any atom is 0.387 e. The Balaban J connectivity index is 0.00000300. The number of ether oxygens (including phenoxy) is 1. The molecule has 2 N–H and O–H groups in total. The first-order valence-corrected chi connectivity index (χ1v) is 10.4. The van der Waals surface area contributed by atoms with Crippen molar-refractivity contribution in [2.75, 3.05) is 35.8 Å². The Kier molecular flexibility index (Phi) is 7.67. The summed E-state index contributed by atoms with van der Waals surface area (Å²) < 4.78 is 57.5. The number of aryl methyl sites for hydroxylation is 2. The molecule has 0 bridgehead atoms. The summed E-state index contributed by atoms with van der Waals surface area (Å²) in [6.45, 7) is 3.91. The number of hydrogen-bond acceptors (Lipinski definition) is 5. The normalized spacial score (nSPS) is 14.4. The highest BCUT2D eigenvalue weighted by molar-refractivity contribution is 7.92. The molecule has 10 heteroatoms. The first kappa shape index (κ1) is 23.2. The number of nitrogens with zero attached hydrogens (tertiary/aromatic N) is 1. The maximum atomic E-state index is 12.9. The third-order valence-corrected chi connectivity index (χ3v) is 5.99. The molecule has 0 aliphatic carbocycles. The summed E-state index contributed by atoms with van der Waals surface area (Å²) in [4.78, 5) is 2.26. The van der Waals surface area contributed by atoms with Crippen molar-refractivity contribution < 1.29 is 21.9 Å². The van der Waals surface area contributed by atoms with Gasteiger partial charge in [-0.1, -0.05) is 12.1 Å². The van der Waals surface area contributed by atoms with Gasteiger partial charge in [0.15, 0.2) is 0 Å². The fourth-order valence-corrected chi connectivity index (χ4v) is 4.23. The number of hydrogen-bond donors (Lipinski definition) is 2. The van der Waals surface area contributed by atoms with Gasteiger partial charge in [-0.05, 0) is 43.2 Å². The van der Waals surface area contributed by atoms with Crippen molar-refractivity contribution in [3.63, 3.8) is 0 Å². The maximum absolute atomic E-state index is 12.9. The molecule has 3 rings (SSSR count). The van der Waals surface area contributed by atoms with Crippen LogP contribution in [0.15, 0.2) is 41.3 Å². The number of nitrogens with one attached hydrogen (secondary N) is 2. The van der Waals surface area contributed by atoms with Gasteiger partial charge >= 0.3 is 6.61 Å². The second-order valence-electron chi connectivity index (χ2n) is 6.65. The molecular formula is C19H24ClF2N3O3S. The van der Waals surface area contributed by atoms with E-state index in [1.165, 1.54) is 24.3 Å². The van der Waals surface area contributed by atoms with Crippen LogP contribution in [-0.2, 0) is 10.0 Å². The SMILES string of the molecule is Cc1ccc(OC(F)F)cc1NS(=O)(=O)c1ccc(C)c(N2CCNCC2)c1.Cl. The van der Waals surface area contributed by atoms with Crippen LogP contribution < -0.4 is 19.7 Å². The Bertz CT molecular complexity index is 952. The van der Waals surface area contributed by atoms with Gasteiger partial charge in [0.2, 0.25) is 0 Å². The van der Waals surface area contributed by atoms with Crippen LogP contribution in [0.25, 0.3) is 0 Å². The Morgan fingerprint density at radius 2 is 1.72 bits per heavy atom. The number of benzene rings is 2. The topological polar surface area (TPSA) is 70.7 Å². The summed E-state index contributed by atoms with van der Waals surface area (Å²) in [5.74, 6) is -0.108. The van der Waals surface area contributed by atoms with Gasteiger partial charge in [-0.2, -0.15) is 8.78 Å². The largest absolute Gasteiger partial charge is 0.435 e. The van der Waals surface area contributed by atoms with Crippen LogP contribution >= 0.6 is 12.4 Å². The first-order chi connectivity index (χ1) is 13.3. The summed E-state index contributed by atoms with van der Waals surface area (Å²) >= 11 is 0. The number of anilines is 2. The number of halogens is 3. The molecule has 0 atom stereocenters. The van der Waals surface area contributed by atoms with Crippen LogP contribution in [0.2, 0.25) is 0 Å². The molecule has 29 heavy (non-hydrogen) atoms. The van der Waals surface area contributed by atoms with Crippen LogP contribution in [0.3, 0.4) is 0 Å². The van der Waals surface area contributed by atoms with Crippen LogP contribution in [0.4, 0.5) is 20.2 Å². The minimum Gasteiger partial charge on any atom is -0.435 e. The lowest BCUT2D eigenvalue weighted by molar-refractivity contribution is -0.0498. The van der Waals surface area contributed by atoms with Crippen molar-refractivity contribution in [2.45, 2.75) is 25.4 Å². The van der Waals surface area contributed by atoms with Crippen molar-refractivity contribution in [1.29, 1.82) is 0 Å². The molecule has 0 amide bonds. The third kappa shape index (κ3) is 5.71. The zero-order valence-electron chi connectivity index (χ0n) is 16.1. The average Bonchev–Trinajstić information content (AvgIpc) is 2.65. The lowest BCUT2D eigenvalue weighted by Crippen LogP contribution is -2.43. The highest BCUT2D eigenvalue weighted by Gasteiger charge is 2.20. The van der Waals surface area contributed by atoms with Crippen LogP contribution in [0, 0.1) is 13.8 Å². The van der Waals surface area contributed by atoms with E-state index in [0.717, 1.165) is 37.4 Å². The summed E-state index contributed by atoms with van der Waals surface area (Å²) in [5.41, 5.74) is 2.65. The number of piperazine rings is 1. The first-order valence-electron chi connectivity index (χ1n) is 8.91. The van der Waals surface area contributed by atoms with E-state index in [2.05, 4.69) is 19.7 Å². The van der Waals surface area contributed by atoms with Crippen LogP contribution in [0.5, 0.6) is 5.75 Å². The van der Waals surface area contributed by atoms with E-state index < -0.39 is 16.6 Å². The molecule has 0 aromatic heterocycles. The summed E-state index contributed by atoms with van der Waals surface area (Å²) in [5, 5.41) is 3.27. The number of alkyl halides is 2. The van der Waals surface area contributed by atoms with Gasteiger partial charge in [-0.25, -0.2) is 8.42 Å².